The van der Waals surface area contributed by atoms with Gasteiger partial charge in [-0.3, -0.25) is 0 Å². The lowest BCUT2D eigenvalue weighted by atomic mass is 10.0. The van der Waals surface area contributed by atoms with Crippen LogP contribution in [0.1, 0.15) is 24.8 Å². The number of hydrogen-bond donors (Lipinski definition) is 2. The van der Waals surface area contributed by atoms with Crippen molar-refractivity contribution in [2.45, 2.75) is 25.3 Å². The number of benzene rings is 1. The molecule has 0 saturated carbocycles. The summed E-state index contributed by atoms with van der Waals surface area (Å²) in [5.74, 6) is -0.151. The highest BCUT2D eigenvalue weighted by atomic mass is 16.3. The molecule has 0 amide bonds. The first-order chi connectivity index (χ1) is 7.81. The number of hydrogen-bond acceptors (Lipinski definition) is 3. The monoisotopic (exact) mass is 218 g/mol. The molecule has 2 atom stereocenters. The van der Waals surface area contributed by atoms with Crippen LogP contribution in [0.25, 0.3) is 0 Å². The van der Waals surface area contributed by atoms with Gasteiger partial charge in [0.2, 0.25) is 0 Å². The molecule has 3 heteroatoms. The second kappa shape index (κ2) is 7.00. The van der Waals surface area contributed by atoms with Gasteiger partial charge >= 0.3 is 0 Å². The van der Waals surface area contributed by atoms with Crippen molar-refractivity contribution in [1.29, 1.82) is 5.26 Å². The first-order valence-electron chi connectivity index (χ1n) is 5.60. The minimum Gasteiger partial charge on any atom is -0.395 e. The van der Waals surface area contributed by atoms with E-state index in [1.165, 1.54) is 0 Å². The third-order valence-electron chi connectivity index (χ3n) is 2.68. The van der Waals surface area contributed by atoms with E-state index in [0.29, 0.717) is 6.54 Å². The largest absolute Gasteiger partial charge is 0.395 e. The number of rotatable bonds is 6. The Labute approximate surface area is 96.7 Å². The Hall–Kier alpha value is -1.37. The predicted molar refractivity (Wildman–Crippen MR) is 64.0 cm³/mol. The van der Waals surface area contributed by atoms with Crippen molar-refractivity contribution in [3.05, 3.63) is 35.9 Å². The molecule has 0 fully saturated rings. The molecule has 1 rings (SSSR count). The maximum atomic E-state index is 9.09. The van der Waals surface area contributed by atoms with E-state index in [1.54, 1.807) is 0 Å². The van der Waals surface area contributed by atoms with E-state index in [4.69, 9.17) is 10.4 Å². The minimum atomic E-state index is -0.151. The van der Waals surface area contributed by atoms with E-state index in [0.717, 1.165) is 12.0 Å². The zero-order chi connectivity index (χ0) is 11.8. The molecule has 0 heterocycles. The minimum absolute atomic E-state index is 0.0829. The second-order valence-electron chi connectivity index (χ2n) is 3.79. The van der Waals surface area contributed by atoms with Crippen molar-refractivity contribution in [3.8, 4) is 6.07 Å². The van der Waals surface area contributed by atoms with Crippen molar-refractivity contribution in [2.24, 2.45) is 0 Å². The molecule has 2 N–H and O–H groups in total. The van der Waals surface area contributed by atoms with Gasteiger partial charge in [0.25, 0.3) is 0 Å². The zero-order valence-electron chi connectivity index (χ0n) is 9.56. The number of nitrogens with zero attached hydrogens (tertiary/aromatic N) is 1. The number of aliphatic hydroxyl groups is 1. The molecule has 0 aromatic heterocycles. The Bertz CT molecular complexity index is 328. The van der Waals surface area contributed by atoms with Crippen LogP contribution in [0.15, 0.2) is 30.3 Å². The summed E-state index contributed by atoms with van der Waals surface area (Å²) in [7, 11) is 0. The maximum absolute atomic E-state index is 9.09. The lowest BCUT2D eigenvalue weighted by Gasteiger charge is -2.16. The summed E-state index contributed by atoms with van der Waals surface area (Å²) in [6.45, 7) is 2.71. The molecule has 0 aliphatic heterocycles. The summed E-state index contributed by atoms with van der Waals surface area (Å²) in [5, 5.41) is 21.3. The molecule has 0 radical (unpaired) electrons. The molecule has 1 aromatic rings. The lowest BCUT2D eigenvalue weighted by molar-refractivity contribution is 0.239. The normalized spacial score (nSPS) is 14.1. The molecule has 0 spiro atoms. The van der Waals surface area contributed by atoms with Crippen LogP contribution in [0.2, 0.25) is 0 Å². The molecule has 1 aromatic carbocycles. The molecule has 0 bridgehead atoms. The summed E-state index contributed by atoms with van der Waals surface area (Å²) >= 11 is 0. The van der Waals surface area contributed by atoms with Crippen LogP contribution in [-0.2, 0) is 0 Å². The Balaban J connectivity index is 2.54. The second-order valence-corrected chi connectivity index (χ2v) is 3.79. The van der Waals surface area contributed by atoms with Crippen molar-refractivity contribution in [1.82, 2.24) is 5.32 Å². The van der Waals surface area contributed by atoms with Crippen LogP contribution in [-0.4, -0.2) is 24.3 Å². The summed E-state index contributed by atoms with van der Waals surface area (Å²) in [6.07, 6.45) is 0.865. The Kier molecular flexibility index (Phi) is 5.55. The third-order valence-corrected chi connectivity index (χ3v) is 2.68. The fraction of sp³-hybridized carbons (Fsp3) is 0.462. The molecule has 0 aliphatic carbocycles. The summed E-state index contributed by atoms with van der Waals surface area (Å²) in [4.78, 5) is 0. The third kappa shape index (κ3) is 3.65. The van der Waals surface area contributed by atoms with Crippen molar-refractivity contribution < 1.29 is 5.11 Å². The zero-order valence-corrected chi connectivity index (χ0v) is 9.56. The van der Waals surface area contributed by atoms with Gasteiger partial charge in [-0.15, -0.1) is 0 Å². The van der Waals surface area contributed by atoms with Crippen LogP contribution in [0.5, 0.6) is 0 Å². The van der Waals surface area contributed by atoms with E-state index in [2.05, 4.69) is 11.4 Å². The SMILES string of the molecule is CCC(CO)NCC(C#N)c1ccccc1. The van der Waals surface area contributed by atoms with Gasteiger partial charge in [-0.2, -0.15) is 5.26 Å². The van der Waals surface area contributed by atoms with Crippen molar-refractivity contribution in [3.63, 3.8) is 0 Å². The van der Waals surface area contributed by atoms with E-state index >= 15 is 0 Å². The van der Waals surface area contributed by atoms with Crippen LogP contribution in [0.3, 0.4) is 0 Å². The molecule has 86 valence electrons. The molecule has 0 aliphatic rings. The van der Waals surface area contributed by atoms with Gasteiger partial charge in [-0.25, -0.2) is 0 Å². The van der Waals surface area contributed by atoms with Crippen molar-refractivity contribution >= 4 is 0 Å². The molecular formula is C13H18N2O. The number of nitrogens with one attached hydrogen (secondary N) is 1. The van der Waals surface area contributed by atoms with Gasteiger partial charge in [-0.1, -0.05) is 37.3 Å². The fourth-order valence-corrected chi connectivity index (χ4v) is 1.55. The van der Waals surface area contributed by atoms with Gasteiger partial charge in [0, 0.05) is 12.6 Å². The first kappa shape index (κ1) is 12.7. The van der Waals surface area contributed by atoms with Crippen molar-refractivity contribution in [2.75, 3.05) is 13.2 Å². The topological polar surface area (TPSA) is 56.0 Å². The molecule has 2 unspecified atom stereocenters. The van der Waals surface area contributed by atoms with Gasteiger partial charge < -0.3 is 10.4 Å². The number of aliphatic hydroxyl groups excluding tert-OH is 1. The highest BCUT2D eigenvalue weighted by Crippen LogP contribution is 2.13. The van der Waals surface area contributed by atoms with E-state index in [1.807, 2.05) is 37.3 Å². The quantitative estimate of drug-likeness (QED) is 0.763. The fourth-order valence-electron chi connectivity index (χ4n) is 1.55. The van der Waals surface area contributed by atoms with Crippen LogP contribution in [0.4, 0.5) is 0 Å². The number of nitriles is 1. The average Bonchev–Trinajstić information content (AvgIpc) is 2.36. The molecule has 16 heavy (non-hydrogen) atoms. The maximum Gasteiger partial charge on any atom is 0.0837 e. The highest BCUT2D eigenvalue weighted by molar-refractivity contribution is 5.25. The van der Waals surface area contributed by atoms with Gasteiger partial charge in [0.05, 0.1) is 18.6 Å². The lowest BCUT2D eigenvalue weighted by Crippen LogP contribution is -2.34. The molecule has 3 nitrogen and oxygen atoms in total. The van der Waals surface area contributed by atoms with E-state index in [-0.39, 0.29) is 18.6 Å². The Morgan fingerprint density at radius 2 is 2.06 bits per heavy atom. The Morgan fingerprint density at radius 3 is 2.56 bits per heavy atom. The average molecular weight is 218 g/mol. The van der Waals surface area contributed by atoms with Gasteiger partial charge in [-0.05, 0) is 12.0 Å². The van der Waals surface area contributed by atoms with Crippen LogP contribution in [0, 0.1) is 11.3 Å². The van der Waals surface area contributed by atoms with Gasteiger partial charge in [0.1, 0.15) is 0 Å². The summed E-state index contributed by atoms with van der Waals surface area (Å²) < 4.78 is 0. The summed E-state index contributed by atoms with van der Waals surface area (Å²) in [6, 6.07) is 12.1. The van der Waals surface area contributed by atoms with E-state index < -0.39 is 0 Å². The molecule has 0 saturated heterocycles. The van der Waals surface area contributed by atoms with Gasteiger partial charge in [0.15, 0.2) is 0 Å². The summed E-state index contributed by atoms with van der Waals surface area (Å²) in [5.41, 5.74) is 1.02. The van der Waals surface area contributed by atoms with Crippen LogP contribution < -0.4 is 5.32 Å². The predicted octanol–water partition coefficient (Wildman–Crippen LogP) is 1.65. The van der Waals surface area contributed by atoms with E-state index in [9.17, 15) is 0 Å². The first-order valence-corrected chi connectivity index (χ1v) is 5.60. The Morgan fingerprint density at radius 1 is 1.38 bits per heavy atom. The highest BCUT2D eigenvalue weighted by Gasteiger charge is 2.12. The smallest absolute Gasteiger partial charge is 0.0837 e. The molecular weight excluding hydrogens is 200 g/mol. The van der Waals surface area contributed by atoms with Crippen LogP contribution >= 0.6 is 0 Å². The standard InChI is InChI=1S/C13H18N2O/c1-2-13(10-16)15-9-12(8-14)11-6-4-3-5-7-11/h3-7,12-13,15-16H,2,9-10H2,1H3.